The van der Waals surface area contributed by atoms with E-state index in [1.807, 2.05) is 6.92 Å². The molecule has 0 fully saturated rings. The van der Waals surface area contributed by atoms with E-state index in [1.165, 1.54) is 0 Å². The summed E-state index contributed by atoms with van der Waals surface area (Å²) in [7, 11) is 1.73. The van der Waals surface area contributed by atoms with Crippen LogP contribution < -0.4 is 10.6 Å². The summed E-state index contributed by atoms with van der Waals surface area (Å²) < 4.78 is 0. The number of carbonyl (C=O) groups excluding carboxylic acids is 1. The Bertz CT molecular complexity index is 135. The minimum absolute atomic E-state index is 0.00132. The average Bonchev–Trinajstić information content (AvgIpc) is 2.12. The van der Waals surface area contributed by atoms with Crippen LogP contribution in [0.15, 0.2) is 0 Å². The predicted octanol–water partition coefficient (Wildman–Crippen LogP) is -0.519. The van der Waals surface area contributed by atoms with Crippen molar-refractivity contribution in [1.29, 1.82) is 0 Å². The van der Waals surface area contributed by atoms with Gasteiger partial charge in [-0.2, -0.15) is 0 Å². The third-order valence-electron chi connectivity index (χ3n) is 1.89. The molecule has 0 aliphatic heterocycles. The van der Waals surface area contributed by atoms with Gasteiger partial charge in [0.1, 0.15) is 0 Å². The number of nitrogens with one attached hydrogen (secondary N) is 2. The van der Waals surface area contributed by atoms with E-state index in [2.05, 4.69) is 10.6 Å². The molecule has 1 amide bonds. The summed E-state index contributed by atoms with van der Waals surface area (Å²) in [5, 5.41) is 14.3. The van der Waals surface area contributed by atoms with Crippen LogP contribution in [0.3, 0.4) is 0 Å². The molecule has 0 aromatic carbocycles. The summed E-state index contributed by atoms with van der Waals surface area (Å²) in [6.45, 7) is 3.70. The molecule has 2 atom stereocenters. The molecular weight excluding hydrogens is 156 g/mol. The molecular formula is C8H18N2O2. The minimum atomic E-state index is -0.203. The number of rotatable bonds is 5. The van der Waals surface area contributed by atoms with Crippen molar-refractivity contribution in [2.75, 3.05) is 13.7 Å². The third-order valence-corrected chi connectivity index (χ3v) is 1.89. The van der Waals surface area contributed by atoms with Crippen molar-refractivity contribution in [2.24, 2.45) is 0 Å². The molecule has 0 saturated heterocycles. The molecule has 0 radical (unpaired) electrons. The van der Waals surface area contributed by atoms with Gasteiger partial charge in [0.05, 0.1) is 18.7 Å². The Kier molecular flexibility index (Phi) is 5.66. The summed E-state index contributed by atoms with van der Waals surface area (Å²) in [6, 6.07) is -0.320. The monoisotopic (exact) mass is 174 g/mol. The second-order valence-corrected chi connectivity index (χ2v) is 2.81. The highest BCUT2D eigenvalue weighted by molar-refractivity contribution is 5.81. The summed E-state index contributed by atoms with van der Waals surface area (Å²) in [5.41, 5.74) is 0. The summed E-state index contributed by atoms with van der Waals surface area (Å²) in [6.07, 6.45) is 0.749. The first-order valence-corrected chi connectivity index (χ1v) is 4.24. The van der Waals surface area contributed by atoms with Crippen LogP contribution in [0.2, 0.25) is 0 Å². The molecule has 0 aliphatic rings. The van der Waals surface area contributed by atoms with E-state index in [-0.39, 0.29) is 24.6 Å². The maximum Gasteiger partial charge on any atom is 0.237 e. The fourth-order valence-corrected chi connectivity index (χ4v) is 0.734. The van der Waals surface area contributed by atoms with E-state index < -0.39 is 0 Å². The normalized spacial score (nSPS) is 15.3. The summed E-state index contributed by atoms with van der Waals surface area (Å²) >= 11 is 0. The maximum atomic E-state index is 11.2. The topological polar surface area (TPSA) is 61.4 Å². The van der Waals surface area contributed by atoms with Gasteiger partial charge in [0.25, 0.3) is 0 Å². The average molecular weight is 174 g/mol. The molecule has 0 aliphatic carbocycles. The van der Waals surface area contributed by atoms with Crippen LogP contribution in [0, 0.1) is 0 Å². The van der Waals surface area contributed by atoms with Crippen LogP contribution in [0.5, 0.6) is 0 Å². The molecule has 3 N–H and O–H groups in total. The molecule has 0 heterocycles. The molecule has 0 saturated carbocycles. The second-order valence-electron chi connectivity index (χ2n) is 2.81. The molecule has 4 nitrogen and oxygen atoms in total. The lowest BCUT2D eigenvalue weighted by atomic mass is 10.2. The predicted molar refractivity (Wildman–Crippen MR) is 47.8 cm³/mol. The van der Waals surface area contributed by atoms with Gasteiger partial charge < -0.3 is 15.7 Å². The zero-order valence-electron chi connectivity index (χ0n) is 7.92. The van der Waals surface area contributed by atoms with Gasteiger partial charge in [-0.3, -0.25) is 4.79 Å². The van der Waals surface area contributed by atoms with Crippen molar-refractivity contribution in [3.8, 4) is 0 Å². The molecule has 4 heteroatoms. The first kappa shape index (κ1) is 11.4. The van der Waals surface area contributed by atoms with Crippen LogP contribution in [-0.2, 0) is 4.79 Å². The summed E-state index contributed by atoms with van der Waals surface area (Å²) in [4.78, 5) is 11.2. The SMILES string of the molecule is CC[C@H](CO)NC(=O)C(C)NC. The van der Waals surface area contributed by atoms with Gasteiger partial charge in [-0.15, -0.1) is 0 Å². The van der Waals surface area contributed by atoms with Crippen molar-refractivity contribution < 1.29 is 9.90 Å². The number of carbonyl (C=O) groups is 1. The second kappa shape index (κ2) is 5.97. The number of amides is 1. The van der Waals surface area contributed by atoms with Gasteiger partial charge in [-0.25, -0.2) is 0 Å². The van der Waals surface area contributed by atoms with Crippen LogP contribution in [0.4, 0.5) is 0 Å². The lowest BCUT2D eigenvalue weighted by molar-refractivity contribution is -0.123. The zero-order chi connectivity index (χ0) is 9.56. The van der Waals surface area contributed by atoms with Crippen LogP contribution >= 0.6 is 0 Å². The van der Waals surface area contributed by atoms with E-state index in [1.54, 1.807) is 14.0 Å². The van der Waals surface area contributed by atoms with Gasteiger partial charge in [0.2, 0.25) is 5.91 Å². The fourth-order valence-electron chi connectivity index (χ4n) is 0.734. The molecule has 1 unspecified atom stereocenters. The zero-order valence-corrected chi connectivity index (χ0v) is 7.92. The van der Waals surface area contributed by atoms with Crippen LogP contribution in [-0.4, -0.2) is 36.8 Å². The smallest absolute Gasteiger partial charge is 0.237 e. The molecule has 0 spiro atoms. The van der Waals surface area contributed by atoms with Crippen molar-refractivity contribution in [3.05, 3.63) is 0 Å². The Morgan fingerprint density at radius 1 is 1.58 bits per heavy atom. The lowest BCUT2D eigenvalue weighted by Crippen LogP contribution is -2.46. The summed E-state index contributed by atoms with van der Waals surface area (Å²) in [5.74, 6) is -0.0709. The Morgan fingerprint density at radius 2 is 2.17 bits per heavy atom. The van der Waals surface area contributed by atoms with E-state index in [0.717, 1.165) is 6.42 Å². The van der Waals surface area contributed by atoms with Crippen LogP contribution in [0.25, 0.3) is 0 Å². The minimum Gasteiger partial charge on any atom is -0.394 e. The molecule has 72 valence electrons. The van der Waals surface area contributed by atoms with Crippen LogP contribution in [0.1, 0.15) is 20.3 Å². The number of likely N-dealkylation sites (N-methyl/N-ethyl adjacent to an activating group) is 1. The molecule has 0 aromatic heterocycles. The molecule has 0 aromatic rings. The maximum absolute atomic E-state index is 11.2. The lowest BCUT2D eigenvalue weighted by Gasteiger charge is -2.17. The Hall–Kier alpha value is -0.610. The number of aliphatic hydroxyl groups excluding tert-OH is 1. The van der Waals surface area contributed by atoms with Gasteiger partial charge in [0, 0.05) is 0 Å². The quantitative estimate of drug-likeness (QED) is 0.525. The highest BCUT2D eigenvalue weighted by Gasteiger charge is 2.13. The molecule has 0 bridgehead atoms. The molecule has 0 rings (SSSR count). The standard InChI is InChI=1S/C8H18N2O2/c1-4-7(5-11)10-8(12)6(2)9-3/h6-7,9,11H,4-5H2,1-3H3,(H,10,12)/t6?,7-/m1/s1. The first-order valence-electron chi connectivity index (χ1n) is 4.24. The Morgan fingerprint density at radius 3 is 2.50 bits per heavy atom. The van der Waals surface area contributed by atoms with Crippen molar-refractivity contribution >= 4 is 5.91 Å². The van der Waals surface area contributed by atoms with Gasteiger partial charge >= 0.3 is 0 Å². The number of hydrogen-bond donors (Lipinski definition) is 3. The van der Waals surface area contributed by atoms with Crippen molar-refractivity contribution in [1.82, 2.24) is 10.6 Å². The third kappa shape index (κ3) is 3.69. The van der Waals surface area contributed by atoms with E-state index in [4.69, 9.17) is 5.11 Å². The van der Waals surface area contributed by atoms with Gasteiger partial charge in [0.15, 0.2) is 0 Å². The van der Waals surface area contributed by atoms with Gasteiger partial charge in [-0.05, 0) is 20.4 Å². The van der Waals surface area contributed by atoms with Crippen molar-refractivity contribution in [2.45, 2.75) is 32.4 Å². The fraction of sp³-hybridized carbons (Fsp3) is 0.875. The number of hydrogen-bond acceptors (Lipinski definition) is 3. The Balaban J connectivity index is 3.81. The largest absolute Gasteiger partial charge is 0.394 e. The van der Waals surface area contributed by atoms with E-state index in [0.29, 0.717) is 0 Å². The van der Waals surface area contributed by atoms with Gasteiger partial charge in [-0.1, -0.05) is 6.92 Å². The number of aliphatic hydroxyl groups is 1. The van der Waals surface area contributed by atoms with E-state index in [9.17, 15) is 4.79 Å². The highest BCUT2D eigenvalue weighted by Crippen LogP contribution is 1.90. The highest BCUT2D eigenvalue weighted by atomic mass is 16.3. The van der Waals surface area contributed by atoms with Crippen molar-refractivity contribution in [3.63, 3.8) is 0 Å². The molecule has 12 heavy (non-hydrogen) atoms. The first-order chi connectivity index (χ1) is 5.65. The van der Waals surface area contributed by atoms with E-state index >= 15 is 0 Å². The Labute approximate surface area is 73.3 Å².